The first-order chi connectivity index (χ1) is 11.5. The van der Waals surface area contributed by atoms with Crippen LogP contribution in [-0.4, -0.2) is 31.9 Å². The number of rotatable bonds is 8. The number of aliphatic hydroxyl groups excluding tert-OH is 1. The molecular formula is C18H22F2N2O2. The molecule has 0 fully saturated rings. The van der Waals surface area contributed by atoms with Crippen molar-refractivity contribution in [1.29, 1.82) is 0 Å². The highest BCUT2D eigenvalue weighted by Gasteiger charge is 2.14. The molecule has 2 N–H and O–H groups in total. The predicted molar refractivity (Wildman–Crippen MR) is 91.9 cm³/mol. The van der Waals surface area contributed by atoms with Gasteiger partial charge in [0.15, 0.2) is 0 Å². The maximum absolute atomic E-state index is 12.5. The maximum Gasteiger partial charge on any atom is 0.387 e. The molecule has 1 atom stereocenters. The number of alkyl halides is 2. The van der Waals surface area contributed by atoms with E-state index in [0.717, 1.165) is 11.4 Å². The number of likely N-dealkylation sites (N-methyl/N-ethyl adjacent to an activating group) is 1. The van der Waals surface area contributed by atoms with Crippen LogP contribution < -0.4 is 15.0 Å². The lowest BCUT2D eigenvalue weighted by atomic mass is 10.1. The third kappa shape index (κ3) is 4.83. The number of anilines is 2. The van der Waals surface area contributed by atoms with Gasteiger partial charge in [-0.05, 0) is 37.3 Å². The number of nitrogens with one attached hydrogen (secondary N) is 1. The van der Waals surface area contributed by atoms with Gasteiger partial charge in [-0.25, -0.2) is 0 Å². The predicted octanol–water partition coefficient (Wildman–Crippen LogP) is 3.89. The first-order valence-electron chi connectivity index (χ1n) is 7.73. The first kappa shape index (κ1) is 18.0. The summed E-state index contributed by atoms with van der Waals surface area (Å²) < 4.78 is 29.6. The summed E-state index contributed by atoms with van der Waals surface area (Å²) in [5, 5.41) is 12.2. The van der Waals surface area contributed by atoms with Crippen LogP contribution in [0.1, 0.15) is 18.5 Å². The van der Waals surface area contributed by atoms with Gasteiger partial charge in [0.1, 0.15) is 5.75 Å². The lowest BCUT2D eigenvalue weighted by Crippen LogP contribution is -2.20. The summed E-state index contributed by atoms with van der Waals surface area (Å²) >= 11 is 0. The average molecular weight is 336 g/mol. The van der Waals surface area contributed by atoms with E-state index in [1.54, 1.807) is 18.2 Å². The summed E-state index contributed by atoms with van der Waals surface area (Å²) in [6.45, 7) is -0.310. The van der Waals surface area contributed by atoms with Crippen molar-refractivity contribution in [2.24, 2.45) is 0 Å². The monoisotopic (exact) mass is 336 g/mol. The van der Waals surface area contributed by atoms with E-state index in [4.69, 9.17) is 5.11 Å². The molecule has 4 nitrogen and oxygen atoms in total. The highest BCUT2D eigenvalue weighted by atomic mass is 19.3. The SMILES string of the molecule is CC(Nc1ccc(N(C)CCO)cc1)c1ccccc1OC(F)F. The van der Waals surface area contributed by atoms with Crippen LogP contribution in [0.2, 0.25) is 0 Å². The van der Waals surface area contributed by atoms with Gasteiger partial charge in [0.05, 0.1) is 12.6 Å². The van der Waals surface area contributed by atoms with Crippen molar-refractivity contribution in [3.8, 4) is 5.75 Å². The molecule has 0 bridgehead atoms. The summed E-state index contributed by atoms with van der Waals surface area (Å²) in [4.78, 5) is 1.94. The van der Waals surface area contributed by atoms with Crippen LogP contribution in [0.4, 0.5) is 20.2 Å². The van der Waals surface area contributed by atoms with E-state index in [1.807, 2.05) is 43.1 Å². The lowest BCUT2D eigenvalue weighted by Gasteiger charge is -2.21. The molecule has 130 valence electrons. The van der Waals surface area contributed by atoms with Gasteiger partial charge in [0, 0.05) is 30.5 Å². The minimum Gasteiger partial charge on any atom is -0.434 e. The first-order valence-corrected chi connectivity index (χ1v) is 7.73. The molecule has 24 heavy (non-hydrogen) atoms. The van der Waals surface area contributed by atoms with Crippen LogP contribution in [0.25, 0.3) is 0 Å². The van der Waals surface area contributed by atoms with E-state index in [-0.39, 0.29) is 18.4 Å². The normalized spacial score (nSPS) is 12.1. The molecule has 0 heterocycles. The molecule has 2 aromatic carbocycles. The Hall–Kier alpha value is -2.34. The van der Waals surface area contributed by atoms with Gasteiger partial charge in [-0.2, -0.15) is 8.78 Å². The number of hydrogen-bond acceptors (Lipinski definition) is 4. The van der Waals surface area contributed by atoms with Gasteiger partial charge in [-0.1, -0.05) is 18.2 Å². The summed E-state index contributed by atoms with van der Waals surface area (Å²) in [5.74, 6) is 0.173. The summed E-state index contributed by atoms with van der Waals surface area (Å²) in [7, 11) is 1.90. The molecule has 0 spiro atoms. The van der Waals surface area contributed by atoms with Gasteiger partial charge in [-0.3, -0.25) is 0 Å². The molecule has 2 aromatic rings. The van der Waals surface area contributed by atoms with Crippen molar-refractivity contribution >= 4 is 11.4 Å². The Balaban J connectivity index is 2.08. The Kier molecular flexibility index (Phi) is 6.37. The zero-order chi connectivity index (χ0) is 17.5. The third-order valence-electron chi connectivity index (χ3n) is 3.73. The summed E-state index contributed by atoms with van der Waals surface area (Å²) in [6.07, 6.45) is 0. The highest BCUT2D eigenvalue weighted by molar-refractivity contribution is 5.56. The van der Waals surface area contributed by atoms with Crippen LogP contribution in [0.5, 0.6) is 5.75 Å². The van der Waals surface area contributed by atoms with Crippen LogP contribution in [-0.2, 0) is 0 Å². The molecule has 6 heteroatoms. The number of aliphatic hydroxyl groups is 1. The number of hydrogen-bond donors (Lipinski definition) is 2. The van der Waals surface area contributed by atoms with Crippen molar-refractivity contribution in [2.75, 3.05) is 30.4 Å². The molecule has 0 aliphatic carbocycles. The summed E-state index contributed by atoms with van der Waals surface area (Å²) in [5.41, 5.74) is 2.53. The number of nitrogens with zero attached hydrogens (tertiary/aromatic N) is 1. The second-order valence-corrected chi connectivity index (χ2v) is 5.47. The Bertz CT molecular complexity index is 635. The third-order valence-corrected chi connectivity index (χ3v) is 3.73. The molecule has 0 amide bonds. The topological polar surface area (TPSA) is 44.7 Å². The van der Waals surface area contributed by atoms with Crippen molar-refractivity contribution in [3.63, 3.8) is 0 Å². The fourth-order valence-electron chi connectivity index (χ4n) is 2.46. The minimum atomic E-state index is -2.85. The Morgan fingerprint density at radius 1 is 1.12 bits per heavy atom. The highest BCUT2D eigenvalue weighted by Crippen LogP contribution is 2.29. The zero-order valence-corrected chi connectivity index (χ0v) is 13.7. The second kappa shape index (κ2) is 8.49. The van der Waals surface area contributed by atoms with Crippen molar-refractivity contribution < 1.29 is 18.6 Å². The smallest absolute Gasteiger partial charge is 0.387 e. The van der Waals surface area contributed by atoms with Crippen molar-refractivity contribution in [1.82, 2.24) is 0 Å². The number of para-hydroxylation sites is 1. The maximum atomic E-state index is 12.5. The molecule has 0 aliphatic rings. The largest absolute Gasteiger partial charge is 0.434 e. The zero-order valence-electron chi connectivity index (χ0n) is 13.7. The quantitative estimate of drug-likeness (QED) is 0.768. The lowest BCUT2D eigenvalue weighted by molar-refractivity contribution is -0.0505. The van der Waals surface area contributed by atoms with Crippen LogP contribution >= 0.6 is 0 Å². The van der Waals surface area contributed by atoms with E-state index in [2.05, 4.69) is 10.1 Å². The van der Waals surface area contributed by atoms with Gasteiger partial charge < -0.3 is 20.1 Å². The van der Waals surface area contributed by atoms with Crippen LogP contribution in [0, 0.1) is 0 Å². The Labute approximate surface area is 140 Å². The minimum absolute atomic E-state index is 0.0917. The average Bonchev–Trinajstić information content (AvgIpc) is 2.55. The van der Waals surface area contributed by atoms with E-state index in [9.17, 15) is 8.78 Å². The van der Waals surface area contributed by atoms with Gasteiger partial charge in [-0.15, -0.1) is 0 Å². The fourth-order valence-corrected chi connectivity index (χ4v) is 2.46. The van der Waals surface area contributed by atoms with Crippen LogP contribution in [0.3, 0.4) is 0 Å². The van der Waals surface area contributed by atoms with Gasteiger partial charge in [0.25, 0.3) is 0 Å². The van der Waals surface area contributed by atoms with E-state index >= 15 is 0 Å². The van der Waals surface area contributed by atoms with Gasteiger partial charge in [0.2, 0.25) is 0 Å². The molecule has 2 rings (SSSR count). The molecule has 1 unspecified atom stereocenters. The number of benzene rings is 2. The second-order valence-electron chi connectivity index (χ2n) is 5.47. The van der Waals surface area contributed by atoms with E-state index < -0.39 is 6.61 Å². The van der Waals surface area contributed by atoms with Crippen molar-refractivity contribution in [2.45, 2.75) is 19.6 Å². The Morgan fingerprint density at radius 3 is 2.42 bits per heavy atom. The Morgan fingerprint density at radius 2 is 1.79 bits per heavy atom. The summed E-state index contributed by atoms with van der Waals surface area (Å²) in [6, 6.07) is 14.3. The standard InChI is InChI=1S/C18H22F2N2O2/c1-13(16-5-3-4-6-17(16)24-18(19)20)21-14-7-9-15(10-8-14)22(2)11-12-23/h3-10,13,18,21,23H,11-12H2,1-2H3. The number of halogens is 2. The fraction of sp³-hybridized carbons (Fsp3) is 0.333. The molecule has 0 aliphatic heterocycles. The molecule has 0 radical (unpaired) electrons. The molecule has 0 saturated carbocycles. The molecule has 0 saturated heterocycles. The molecule has 0 aromatic heterocycles. The van der Waals surface area contributed by atoms with E-state index in [1.165, 1.54) is 6.07 Å². The molecular weight excluding hydrogens is 314 g/mol. The van der Waals surface area contributed by atoms with E-state index in [0.29, 0.717) is 12.1 Å². The van der Waals surface area contributed by atoms with Gasteiger partial charge >= 0.3 is 6.61 Å². The van der Waals surface area contributed by atoms with Crippen LogP contribution in [0.15, 0.2) is 48.5 Å². The number of ether oxygens (including phenoxy) is 1. The van der Waals surface area contributed by atoms with Crippen molar-refractivity contribution in [3.05, 3.63) is 54.1 Å².